The van der Waals surface area contributed by atoms with Crippen molar-refractivity contribution in [3.05, 3.63) is 39.7 Å². The molecule has 1 aromatic heterocycles. The Kier molecular flexibility index (Phi) is 3.79. The Morgan fingerprint density at radius 1 is 1.67 bits per heavy atom. The van der Waals surface area contributed by atoms with Crippen molar-refractivity contribution in [2.45, 2.75) is 13.3 Å². The Balaban J connectivity index is 3.00. The van der Waals surface area contributed by atoms with Crippen LogP contribution in [0.2, 0.25) is 0 Å². The number of allylic oxidation sites excluding steroid dienone is 1. The van der Waals surface area contributed by atoms with E-state index in [0.29, 0.717) is 18.0 Å². The van der Waals surface area contributed by atoms with E-state index < -0.39 is 4.92 Å². The molecule has 0 spiro atoms. The van der Waals surface area contributed by atoms with Gasteiger partial charge in [0.05, 0.1) is 17.7 Å². The van der Waals surface area contributed by atoms with E-state index in [1.165, 1.54) is 13.2 Å². The Morgan fingerprint density at radius 3 is 2.93 bits per heavy atom. The first kappa shape index (κ1) is 11.2. The van der Waals surface area contributed by atoms with Crippen LogP contribution < -0.4 is 4.74 Å². The number of hydrogen-bond donors (Lipinski definition) is 0. The molecule has 0 atom stereocenters. The lowest BCUT2D eigenvalue weighted by atomic mass is 10.2. The molecular weight excluding hydrogens is 196 g/mol. The molecule has 5 heteroatoms. The summed E-state index contributed by atoms with van der Waals surface area (Å²) in [6.45, 7) is 1.73. The van der Waals surface area contributed by atoms with E-state index in [2.05, 4.69) is 4.98 Å². The highest BCUT2D eigenvalue weighted by Crippen LogP contribution is 2.12. The van der Waals surface area contributed by atoms with Gasteiger partial charge in [0.25, 0.3) is 0 Å². The van der Waals surface area contributed by atoms with Crippen LogP contribution in [-0.2, 0) is 0 Å². The van der Waals surface area contributed by atoms with Crippen molar-refractivity contribution in [2.75, 3.05) is 7.11 Å². The average molecular weight is 208 g/mol. The Bertz CT molecular complexity index is 388. The molecule has 0 saturated carbocycles. The van der Waals surface area contributed by atoms with Gasteiger partial charge in [-0.3, -0.25) is 10.1 Å². The van der Waals surface area contributed by atoms with Gasteiger partial charge in [0.1, 0.15) is 0 Å². The molecular formula is C10H12N2O3. The predicted octanol–water partition coefficient (Wildman–Crippen LogP) is 2.12. The minimum atomic E-state index is -0.402. The summed E-state index contributed by atoms with van der Waals surface area (Å²) in [6.07, 6.45) is 1.81. The minimum Gasteiger partial charge on any atom is -0.481 e. The van der Waals surface area contributed by atoms with Crippen LogP contribution in [0, 0.1) is 10.1 Å². The van der Waals surface area contributed by atoms with Crippen molar-refractivity contribution in [1.82, 2.24) is 4.98 Å². The standard InChI is InChI=1S/C10H12N2O3/c1-3-9(12(13)14)7-8-5-4-6-10(11-8)15-2/h4-7H,3H2,1-2H3/b9-7-. The summed E-state index contributed by atoms with van der Waals surface area (Å²) in [7, 11) is 1.50. The molecule has 0 aromatic carbocycles. The maximum atomic E-state index is 10.6. The monoisotopic (exact) mass is 208 g/mol. The number of hydrogen-bond acceptors (Lipinski definition) is 4. The van der Waals surface area contributed by atoms with Crippen LogP contribution in [0.5, 0.6) is 5.88 Å². The van der Waals surface area contributed by atoms with Gasteiger partial charge in [0, 0.05) is 18.6 Å². The Morgan fingerprint density at radius 2 is 2.40 bits per heavy atom. The molecule has 1 heterocycles. The van der Waals surface area contributed by atoms with E-state index in [1.54, 1.807) is 25.1 Å². The van der Waals surface area contributed by atoms with Crippen LogP contribution in [0.15, 0.2) is 23.9 Å². The fourth-order valence-electron chi connectivity index (χ4n) is 1.08. The van der Waals surface area contributed by atoms with Gasteiger partial charge in [0.2, 0.25) is 11.6 Å². The van der Waals surface area contributed by atoms with Gasteiger partial charge >= 0.3 is 0 Å². The minimum absolute atomic E-state index is 0.135. The first-order valence-electron chi connectivity index (χ1n) is 4.53. The fraction of sp³-hybridized carbons (Fsp3) is 0.300. The van der Waals surface area contributed by atoms with Crippen LogP contribution in [0.3, 0.4) is 0 Å². The van der Waals surface area contributed by atoms with E-state index in [0.717, 1.165) is 0 Å². The zero-order valence-corrected chi connectivity index (χ0v) is 8.64. The number of ether oxygens (including phenoxy) is 1. The highest BCUT2D eigenvalue weighted by Gasteiger charge is 2.07. The number of nitro groups is 1. The van der Waals surface area contributed by atoms with Crippen molar-refractivity contribution in [3.63, 3.8) is 0 Å². The summed E-state index contributed by atoms with van der Waals surface area (Å²) < 4.78 is 4.92. The van der Waals surface area contributed by atoms with E-state index in [4.69, 9.17) is 4.74 Å². The number of rotatable bonds is 4. The summed E-state index contributed by atoms with van der Waals surface area (Å²) in [5, 5.41) is 10.6. The van der Waals surface area contributed by atoms with Crippen molar-refractivity contribution < 1.29 is 9.66 Å². The van der Waals surface area contributed by atoms with Crippen molar-refractivity contribution in [3.8, 4) is 5.88 Å². The smallest absolute Gasteiger partial charge is 0.248 e. The lowest BCUT2D eigenvalue weighted by molar-refractivity contribution is -0.425. The second-order valence-electron chi connectivity index (χ2n) is 2.85. The molecule has 5 nitrogen and oxygen atoms in total. The van der Waals surface area contributed by atoms with Gasteiger partial charge in [-0.1, -0.05) is 13.0 Å². The summed E-state index contributed by atoms with van der Waals surface area (Å²) in [5.74, 6) is 0.447. The van der Waals surface area contributed by atoms with Crippen LogP contribution in [0.25, 0.3) is 6.08 Å². The van der Waals surface area contributed by atoms with Gasteiger partial charge in [-0.2, -0.15) is 0 Å². The van der Waals surface area contributed by atoms with Crippen LogP contribution >= 0.6 is 0 Å². The topological polar surface area (TPSA) is 65.3 Å². The van der Waals surface area contributed by atoms with Crippen molar-refractivity contribution >= 4 is 6.08 Å². The summed E-state index contributed by atoms with van der Waals surface area (Å²) in [4.78, 5) is 14.2. The molecule has 0 bridgehead atoms. The molecule has 0 unspecified atom stereocenters. The summed E-state index contributed by atoms with van der Waals surface area (Å²) in [6, 6.07) is 5.13. The number of pyridine rings is 1. The van der Waals surface area contributed by atoms with Gasteiger partial charge in [-0.05, 0) is 6.07 Å². The highest BCUT2D eigenvalue weighted by atomic mass is 16.6. The first-order chi connectivity index (χ1) is 7.17. The SMILES string of the molecule is CC/C(=C/c1cccc(OC)n1)[N+](=O)[O-]. The predicted molar refractivity (Wildman–Crippen MR) is 56.1 cm³/mol. The first-order valence-corrected chi connectivity index (χ1v) is 4.53. The largest absolute Gasteiger partial charge is 0.481 e. The lowest BCUT2D eigenvalue weighted by Gasteiger charge is -1.99. The van der Waals surface area contributed by atoms with E-state index >= 15 is 0 Å². The molecule has 80 valence electrons. The highest BCUT2D eigenvalue weighted by molar-refractivity contribution is 5.47. The zero-order chi connectivity index (χ0) is 11.3. The second-order valence-corrected chi connectivity index (χ2v) is 2.85. The molecule has 0 aliphatic heterocycles. The molecule has 15 heavy (non-hydrogen) atoms. The third-order valence-electron chi connectivity index (χ3n) is 1.87. The quantitative estimate of drug-likeness (QED) is 0.561. The molecule has 0 fully saturated rings. The van der Waals surface area contributed by atoms with E-state index in [9.17, 15) is 10.1 Å². The summed E-state index contributed by atoms with van der Waals surface area (Å²) in [5.41, 5.74) is 0.665. The van der Waals surface area contributed by atoms with Crippen LogP contribution in [0.4, 0.5) is 0 Å². The molecule has 0 N–H and O–H groups in total. The number of nitrogens with zero attached hydrogens (tertiary/aromatic N) is 2. The number of aromatic nitrogens is 1. The number of methoxy groups -OCH3 is 1. The maximum Gasteiger partial charge on any atom is 0.248 e. The Hall–Kier alpha value is -1.91. The maximum absolute atomic E-state index is 10.6. The molecule has 1 rings (SSSR count). The van der Waals surface area contributed by atoms with Crippen LogP contribution in [-0.4, -0.2) is 17.0 Å². The summed E-state index contributed by atoms with van der Waals surface area (Å²) >= 11 is 0. The van der Waals surface area contributed by atoms with Gasteiger partial charge in [0.15, 0.2) is 0 Å². The third-order valence-corrected chi connectivity index (χ3v) is 1.87. The lowest BCUT2D eigenvalue weighted by Crippen LogP contribution is -1.97. The van der Waals surface area contributed by atoms with Gasteiger partial charge in [-0.25, -0.2) is 4.98 Å². The van der Waals surface area contributed by atoms with Gasteiger partial charge in [-0.15, -0.1) is 0 Å². The molecule has 0 aliphatic carbocycles. The van der Waals surface area contributed by atoms with E-state index in [1.807, 2.05) is 0 Å². The van der Waals surface area contributed by atoms with E-state index in [-0.39, 0.29) is 5.70 Å². The normalized spacial score (nSPS) is 11.2. The van der Waals surface area contributed by atoms with Crippen LogP contribution in [0.1, 0.15) is 19.0 Å². The Labute approximate surface area is 87.6 Å². The van der Waals surface area contributed by atoms with Crippen molar-refractivity contribution in [1.29, 1.82) is 0 Å². The molecule has 1 aromatic rings. The second kappa shape index (κ2) is 5.09. The molecule has 0 aliphatic rings. The third kappa shape index (κ3) is 3.05. The molecule has 0 amide bonds. The van der Waals surface area contributed by atoms with Gasteiger partial charge < -0.3 is 4.74 Å². The van der Waals surface area contributed by atoms with Crippen molar-refractivity contribution in [2.24, 2.45) is 0 Å². The molecule has 0 radical (unpaired) electrons. The zero-order valence-electron chi connectivity index (χ0n) is 8.64. The average Bonchev–Trinajstić information content (AvgIpc) is 2.25. The fourth-order valence-corrected chi connectivity index (χ4v) is 1.08. The molecule has 0 saturated heterocycles.